The number of hydrogen-bond acceptors (Lipinski definition) is 4. The molecule has 92 valence electrons. The maximum absolute atomic E-state index is 12.1. The van der Waals surface area contributed by atoms with Crippen molar-refractivity contribution in [1.29, 1.82) is 0 Å². The number of morpholine rings is 1. The minimum atomic E-state index is -0.606. The second kappa shape index (κ2) is 4.82. The lowest BCUT2D eigenvalue weighted by atomic mass is 9.93. The van der Waals surface area contributed by atoms with Gasteiger partial charge in [-0.2, -0.15) is 0 Å². The van der Waals surface area contributed by atoms with Gasteiger partial charge in [0.25, 0.3) is 0 Å². The summed E-state index contributed by atoms with van der Waals surface area (Å²) in [6, 6.07) is -0.606. The summed E-state index contributed by atoms with van der Waals surface area (Å²) in [4.78, 5) is 25.2. The van der Waals surface area contributed by atoms with Gasteiger partial charge in [-0.05, 0) is 0 Å². The van der Waals surface area contributed by atoms with Crippen LogP contribution in [0.2, 0.25) is 0 Å². The third-order valence-electron chi connectivity index (χ3n) is 2.50. The molecule has 1 aliphatic heterocycles. The van der Waals surface area contributed by atoms with Gasteiger partial charge in [0.1, 0.15) is 0 Å². The number of esters is 1. The minimum Gasteiger partial charge on any atom is -0.467 e. The van der Waals surface area contributed by atoms with E-state index < -0.39 is 17.4 Å². The molecule has 5 nitrogen and oxygen atoms in total. The zero-order valence-electron chi connectivity index (χ0n) is 10.3. The van der Waals surface area contributed by atoms with Gasteiger partial charge >= 0.3 is 5.97 Å². The fourth-order valence-electron chi connectivity index (χ4n) is 1.61. The molecule has 0 spiro atoms. The van der Waals surface area contributed by atoms with Crippen molar-refractivity contribution in [3.05, 3.63) is 0 Å². The van der Waals surface area contributed by atoms with E-state index in [-0.39, 0.29) is 12.5 Å². The summed E-state index contributed by atoms with van der Waals surface area (Å²) in [5, 5.41) is 0. The number of nitrogens with zero attached hydrogens (tertiary/aromatic N) is 1. The summed E-state index contributed by atoms with van der Waals surface area (Å²) in [5.41, 5.74) is -0.496. The molecule has 0 N–H and O–H groups in total. The highest BCUT2D eigenvalue weighted by Gasteiger charge is 2.37. The highest BCUT2D eigenvalue weighted by Crippen LogP contribution is 2.21. The molecule has 1 rings (SSSR count). The van der Waals surface area contributed by atoms with Gasteiger partial charge in [-0.1, -0.05) is 20.8 Å². The van der Waals surface area contributed by atoms with Crippen molar-refractivity contribution in [2.24, 2.45) is 5.41 Å². The zero-order valence-corrected chi connectivity index (χ0v) is 10.3. The van der Waals surface area contributed by atoms with Gasteiger partial charge < -0.3 is 14.4 Å². The van der Waals surface area contributed by atoms with Crippen LogP contribution in [0, 0.1) is 5.41 Å². The number of ether oxygens (including phenoxy) is 2. The monoisotopic (exact) mass is 229 g/mol. The summed E-state index contributed by atoms with van der Waals surface area (Å²) in [7, 11) is 1.32. The number of methoxy groups -OCH3 is 1. The van der Waals surface area contributed by atoms with Crippen LogP contribution in [-0.2, 0) is 19.1 Å². The average Bonchev–Trinajstić information content (AvgIpc) is 2.25. The predicted octanol–water partition coefficient (Wildman–Crippen LogP) is 0.433. The molecule has 0 aromatic carbocycles. The van der Waals surface area contributed by atoms with Crippen LogP contribution in [0.25, 0.3) is 0 Å². The number of hydrogen-bond donors (Lipinski definition) is 0. The molecular weight excluding hydrogens is 210 g/mol. The molecule has 1 heterocycles. The highest BCUT2D eigenvalue weighted by molar-refractivity contribution is 5.87. The lowest BCUT2D eigenvalue weighted by Crippen LogP contribution is -2.55. The van der Waals surface area contributed by atoms with Crippen LogP contribution in [-0.4, -0.2) is 49.7 Å². The van der Waals surface area contributed by atoms with Gasteiger partial charge in [0, 0.05) is 12.0 Å². The Labute approximate surface area is 95.7 Å². The Kier molecular flexibility index (Phi) is 3.91. The summed E-state index contributed by atoms with van der Waals surface area (Å²) < 4.78 is 9.87. The van der Waals surface area contributed by atoms with E-state index in [9.17, 15) is 9.59 Å². The Morgan fingerprint density at radius 2 is 2.00 bits per heavy atom. The normalized spacial score (nSPS) is 21.8. The van der Waals surface area contributed by atoms with Gasteiger partial charge in [-0.3, -0.25) is 4.79 Å². The molecule has 16 heavy (non-hydrogen) atoms. The summed E-state index contributed by atoms with van der Waals surface area (Å²) in [6.45, 7) is 6.62. The van der Waals surface area contributed by atoms with Crippen molar-refractivity contribution >= 4 is 11.9 Å². The van der Waals surface area contributed by atoms with E-state index in [2.05, 4.69) is 4.74 Å². The third kappa shape index (κ3) is 2.72. The first-order valence-corrected chi connectivity index (χ1v) is 5.34. The largest absolute Gasteiger partial charge is 0.467 e. The first-order chi connectivity index (χ1) is 7.38. The number of amides is 1. The van der Waals surface area contributed by atoms with E-state index in [1.165, 1.54) is 7.11 Å². The van der Waals surface area contributed by atoms with Crippen LogP contribution >= 0.6 is 0 Å². The molecule has 5 heteroatoms. The first-order valence-electron chi connectivity index (χ1n) is 5.34. The predicted molar refractivity (Wildman–Crippen MR) is 57.8 cm³/mol. The van der Waals surface area contributed by atoms with Crippen molar-refractivity contribution in [2.45, 2.75) is 26.8 Å². The summed E-state index contributed by atoms with van der Waals surface area (Å²) in [5.74, 6) is -0.469. The molecule has 1 fully saturated rings. The Morgan fingerprint density at radius 1 is 1.38 bits per heavy atom. The van der Waals surface area contributed by atoms with Crippen molar-refractivity contribution < 1.29 is 19.1 Å². The van der Waals surface area contributed by atoms with Gasteiger partial charge in [0.15, 0.2) is 6.04 Å². The standard InChI is InChI=1S/C11H19NO4/c1-11(2,3)10(14)12-5-6-16-7-8(12)9(13)15-4/h8H,5-7H2,1-4H3. The topological polar surface area (TPSA) is 55.8 Å². The lowest BCUT2D eigenvalue weighted by Gasteiger charge is -2.37. The molecule has 0 aliphatic carbocycles. The van der Waals surface area contributed by atoms with Crippen LogP contribution < -0.4 is 0 Å². The van der Waals surface area contributed by atoms with Crippen LogP contribution in [0.15, 0.2) is 0 Å². The van der Waals surface area contributed by atoms with Crippen molar-refractivity contribution in [3.8, 4) is 0 Å². The van der Waals surface area contributed by atoms with Crippen LogP contribution in [0.1, 0.15) is 20.8 Å². The Morgan fingerprint density at radius 3 is 2.50 bits per heavy atom. The van der Waals surface area contributed by atoms with Crippen molar-refractivity contribution in [2.75, 3.05) is 26.9 Å². The molecule has 1 aliphatic rings. The quantitative estimate of drug-likeness (QED) is 0.612. The van der Waals surface area contributed by atoms with Gasteiger partial charge in [-0.15, -0.1) is 0 Å². The van der Waals surface area contributed by atoms with E-state index in [1.54, 1.807) is 4.90 Å². The van der Waals surface area contributed by atoms with E-state index in [0.29, 0.717) is 13.2 Å². The molecule has 1 amide bonds. The molecular formula is C11H19NO4. The third-order valence-corrected chi connectivity index (χ3v) is 2.50. The van der Waals surface area contributed by atoms with E-state index in [1.807, 2.05) is 20.8 Å². The van der Waals surface area contributed by atoms with Crippen molar-refractivity contribution in [3.63, 3.8) is 0 Å². The molecule has 0 radical (unpaired) electrons. The second-order valence-corrected chi connectivity index (χ2v) is 4.86. The Bertz CT molecular complexity index is 282. The maximum atomic E-state index is 12.1. The number of rotatable bonds is 1. The first kappa shape index (κ1) is 13.0. The van der Waals surface area contributed by atoms with Crippen molar-refractivity contribution in [1.82, 2.24) is 4.90 Å². The van der Waals surface area contributed by atoms with Gasteiger partial charge in [-0.25, -0.2) is 4.79 Å². The van der Waals surface area contributed by atoms with Gasteiger partial charge in [0.05, 0.1) is 20.3 Å². The van der Waals surface area contributed by atoms with Crippen LogP contribution in [0.3, 0.4) is 0 Å². The van der Waals surface area contributed by atoms with Gasteiger partial charge in [0.2, 0.25) is 5.91 Å². The summed E-state index contributed by atoms with van der Waals surface area (Å²) in [6.07, 6.45) is 0. The molecule has 1 unspecified atom stereocenters. The fourth-order valence-corrected chi connectivity index (χ4v) is 1.61. The minimum absolute atomic E-state index is 0.0498. The zero-order chi connectivity index (χ0) is 12.3. The van der Waals surface area contributed by atoms with E-state index >= 15 is 0 Å². The average molecular weight is 229 g/mol. The Hall–Kier alpha value is -1.10. The summed E-state index contributed by atoms with van der Waals surface area (Å²) >= 11 is 0. The number of carbonyl (C=O) groups excluding carboxylic acids is 2. The molecule has 0 saturated carbocycles. The molecule has 1 saturated heterocycles. The molecule has 0 bridgehead atoms. The fraction of sp³-hybridized carbons (Fsp3) is 0.818. The van der Waals surface area contributed by atoms with E-state index in [0.717, 1.165) is 0 Å². The maximum Gasteiger partial charge on any atom is 0.331 e. The lowest BCUT2D eigenvalue weighted by molar-refractivity contribution is -0.164. The second-order valence-electron chi connectivity index (χ2n) is 4.86. The number of carbonyl (C=O) groups is 2. The molecule has 0 aromatic heterocycles. The molecule has 0 aromatic rings. The molecule has 1 atom stereocenters. The van der Waals surface area contributed by atoms with Crippen LogP contribution in [0.4, 0.5) is 0 Å². The highest BCUT2D eigenvalue weighted by atomic mass is 16.5. The Balaban J connectivity index is 2.82. The SMILES string of the molecule is COC(=O)C1COCCN1C(=O)C(C)(C)C. The van der Waals surface area contributed by atoms with E-state index in [4.69, 9.17) is 4.74 Å². The smallest absolute Gasteiger partial charge is 0.331 e. The van der Waals surface area contributed by atoms with Crippen LogP contribution in [0.5, 0.6) is 0 Å².